The van der Waals surface area contributed by atoms with E-state index in [0.29, 0.717) is 0 Å². The number of pyridine rings is 1. The molecule has 0 fully saturated rings. The van der Waals surface area contributed by atoms with Crippen molar-refractivity contribution < 1.29 is 0 Å². The zero-order valence-corrected chi connectivity index (χ0v) is 11.1. The Morgan fingerprint density at radius 1 is 1.06 bits per heavy atom. The lowest BCUT2D eigenvalue weighted by molar-refractivity contribution is 0.654. The SMILES string of the molecule is NC(Cc1ccc(Br)cc1)Cc1ccccn1. The fourth-order valence-electron chi connectivity index (χ4n) is 1.78. The third-order valence-electron chi connectivity index (χ3n) is 2.61. The largest absolute Gasteiger partial charge is 0.327 e. The summed E-state index contributed by atoms with van der Waals surface area (Å²) in [5.74, 6) is 0. The minimum atomic E-state index is 0.117. The summed E-state index contributed by atoms with van der Waals surface area (Å²) in [6.45, 7) is 0. The highest BCUT2D eigenvalue weighted by atomic mass is 79.9. The van der Waals surface area contributed by atoms with E-state index in [1.165, 1.54) is 5.56 Å². The Morgan fingerprint density at radius 2 is 1.82 bits per heavy atom. The van der Waals surface area contributed by atoms with E-state index in [1.54, 1.807) is 0 Å². The number of rotatable bonds is 4. The Bertz CT molecular complexity index is 453. The fraction of sp³-hybridized carbons (Fsp3) is 0.214. The predicted octanol–water partition coefficient (Wildman–Crippen LogP) is 2.96. The standard InChI is InChI=1S/C14H15BrN2/c15-12-6-4-11(5-7-12)9-13(16)10-14-3-1-2-8-17-14/h1-8,13H,9-10,16H2. The van der Waals surface area contributed by atoms with Crippen LogP contribution in [0.2, 0.25) is 0 Å². The second-order valence-corrected chi connectivity index (χ2v) is 5.03. The van der Waals surface area contributed by atoms with E-state index in [-0.39, 0.29) is 6.04 Å². The van der Waals surface area contributed by atoms with E-state index in [2.05, 4.69) is 33.0 Å². The van der Waals surface area contributed by atoms with Gasteiger partial charge in [0.25, 0.3) is 0 Å². The Morgan fingerprint density at radius 3 is 2.47 bits per heavy atom. The molecule has 1 aromatic carbocycles. The van der Waals surface area contributed by atoms with E-state index in [0.717, 1.165) is 23.0 Å². The first-order valence-electron chi connectivity index (χ1n) is 5.64. The molecule has 3 heteroatoms. The average molecular weight is 291 g/mol. The summed E-state index contributed by atoms with van der Waals surface area (Å²) in [6, 6.07) is 14.3. The van der Waals surface area contributed by atoms with Crippen LogP contribution in [0.5, 0.6) is 0 Å². The van der Waals surface area contributed by atoms with Gasteiger partial charge in [0.05, 0.1) is 0 Å². The summed E-state index contributed by atoms with van der Waals surface area (Å²) >= 11 is 3.42. The number of benzene rings is 1. The summed E-state index contributed by atoms with van der Waals surface area (Å²) in [6.07, 6.45) is 3.50. The second-order valence-electron chi connectivity index (χ2n) is 4.12. The van der Waals surface area contributed by atoms with Gasteiger partial charge in [-0.25, -0.2) is 0 Å². The molecule has 2 rings (SSSR count). The van der Waals surface area contributed by atoms with Gasteiger partial charge in [-0.1, -0.05) is 34.1 Å². The predicted molar refractivity (Wildman–Crippen MR) is 73.8 cm³/mol. The highest BCUT2D eigenvalue weighted by Crippen LogP contribution is 2.12. The fourth-order valence-corrected chi connectivity index (χ4v) is 2.05. The van der Waals surface area contributed by atoms with Crippen LogP contribution < -0.4 is 5.73 Å². The molecule has 0 aliphatic heterocycles. The lowest BCUT2D eigenvalue weighted by Crippen LogP contribution is -2.25. The Kier molecular flexibility index (Phi) is 4.29. The van der Waals surface area contributed by atoms with Crippen molar-refractivity contribution in [3.05, 3.63) is 64.4 Å². The van der Waals surface area contributed by atoms with E-state index < -0.39 is 0 Å². The highest BCUT2D eigenvalue weighted by molar-refractivity contribution is 9.10. The van der Waals surface area contributed by atoms with Gasteiger partial charge >= 0.3 is 0 Å². The minimum Gasteiger partial charge on any atom is -0.327 e. The first-order chi connectivity index (χ1) is 8.24. The number of halogens is 1. The van der Waals surface area contributed by atoms with Crippen molar-refractivity contribution in [1.29, 1.82) is 0 Å². The van der Waals surface area contributed by atoms with Crippen LogP contribution in [-0.4, -0.2) is 11.0 Å². The number of nitrogens with two attached hydrogens (primary N) is 1. The molecule has 2 aromatic rings. The Hall–Kier alpha value is -1.19. The Balaban J connectivity index is 1.93. The molecule has 1 unspecified atom stereocenters. The molecular weight excluding hydrogens is 276 g/mol. The molecular formula is C14H15BrN2. The van der Waals surface area contributed by atoms with Gasteiger partial charge in [0.1, 0.15) is 0 Å². The number of hydrogen-bond donors (Lipinski definition) is 1. The van der Waals surface area contributed by atoms with Gasteiger partial charge in [-0.15, -0.1) is 0 Å². The minimum absolute atomic E-state index is 0.117. The van der Waals surface area contributed by atoms with E-state index >= 15 is 0 Å². The van der Waals surface area contributed by atoms with Crippen LogP contribution in [0, 0.1) is 0 Å². The average Bonchev–Trinajstić information content (AvgIpc) is 2.33. The highest BCUT2D eigenvalue weighted by Gasteiger charge is 2.06. The van der Waals surface area contributed by atoms with E-state index in [1.807, 2.05) is 36.5 Å². The molecule has 2 nitrogen and oxygen atoms in total. The van der Waals surface area contributed by atoms with Crippen LogP contribution >= 0.6 is 15.9 Å². The van der Waals surface area contributed by atoms with Crippen molar-refractivity contribution >= 4 is 15.9 Å². The molecule has 1 aromatic heterocycles. The van der Waals surface area contributed by atoms with E-state index in [9.17, 15) is 0 Å². The topological polar surface area (TPSA) is 38.9 Å². The molecule has 1 heterocycles. The monoisotopic (exact) mass is 290 g/mol. The molecule has 17 heavy (non-hydrogen) atoms. The van der Waals surface area contributed by atoms with Crippen LogP contribution in [0.4, 0.5) is 0 Å². The van der Waals surface area contributed by atoms with Crippen LogP contribution in [0.3, 0.4) is 0 Å². The molecule has 1 atom stereocenters. The smallest absolute Gasteiger partial charge is 0.0419 e. The molecule has 0 saturated heterocycles. The van der Waals surface area contributed by atoms with Crippen molar-refractivity contribution in [1.82, 2.24) is 4.98 Å². The third-order valence-corrected chi connectivity index (χ3v) is 3.14. The molecule has 2 N–H and O–H groups in total. The first kappa shape index (κ1) is 12.3. The Labute approximate surface area is 110 Å². The summed E-state index contributed by atoms with van der Waals surface area (Å²) in [5, 5.41) is 0. The molecule has 0 saturated carbocycles. The van der Waals surface area contributed by atoms with E-state index in [4.69, 9.17) is 5.73 Å². The molecule has 0 spiro atoms. The van der Waals surface area contributed by atoms with Crippen molar-refractivity contribution in [2.45, 2.75) is 18.9 Å². The molecule has 88 valence electrons. The summed E-state index contributed by atoms with van der Waals surface area (Å²) in [5.41, 5.74) is 8.44. The molecule has 0 aliphatic carbocycles. The van der Waals surface area contributed by atoms with Crippen LogP contribution in [0.25, 0.3) is 0 Å². The van der Waals surface area contributed by atoms with Crippen molar-refractivity contribution in [2.24, 2.45) is 5.73 Å². The second kappa shape index (κ2) is 5.94. The molecule has 0 amide bonds. The summed E-state index contributed by atoms with van der Waals surface area (Å²) in [4.78, 5) is 4.29. The van der Waals surface area contributed by atoms with Gasteiger partial charge in [-0.2, -0.15) is 0 Å². The van der Waals surface area contributed by atoms with Gasteiger partial charge in [0.2, 0.25) is 0 Å². The molecule has 0 aliphatic rings. The van der Waals surface area contributed by atoms with Crippen molar-refractivity contribution in [3.8, 4) is 0 Å². The van der Waals surface area contributed by atoms with Gasteiger partial charge in [0.15, 0.2) is 0 Å². The number of hydrogen-bond acceptors (Lipinski definition) is 2. The van der Waals surface area contributed by atoms with Crippen LogP contribution in [0.1, 0.15) is 11.3 Å². The maximum Gasteiger partial charge on any atom is 0.0419 e. The van der Waals surface area contributed by atoms with Gasteiger partial charge in [0, 0.05) is 28.8 Å². The summed E-state index contributed by atoms with van der Waals surface area (Å²) < 4.78 is 1.10. The van der Waals surface area contributed by atoms with Crippen LogP contribution in [0.15, 0.2) is 53.1 Å². The van der Waals surface area contributed by atoms with Crippen molar-refractivity contribution in [2.75, 3.05) is 0 Å². The zero-order valence-electron chi connectivity index (χ0n) is 9.51. The quantitative estimate of drug-likeness (QED) is 0.940. The van der Waals surface area contributed by atoms with Crippen molar-refractivity contribution in [3.63, 3.8) is 0 Å². The lowest BCUT2D eigenvalue weighted by atomic mass is 10.0. The van der Waals surface area contributed by atoms with Gasteiger partial charge in [-0.3, -0.25) is 4.98 Å². The number of aromatic nitrogens is 1. The van der Waals surface area contributed by atoms with Crippen LogP contribution in [-0.2, 0) is 12.8 Å². The number of nitrogens with zero attached hydrogens (tertiary/aromatic N) is 1. The lowest BCUT2D eigenvalue weighted by Gasteiger charge is -2.11. The third kappa shape index (κ3) is 3.95. The maximum atomic E-state index is 6.12. The normalized spacial score (nSPS) is 12.4. The van der Waals surface area contributed by atoms with Gasteiger partial charge < -0.3 is 5.73 Å². The summed E-state index contributed by atoms with van der Waals surface area (Å²) in [7, 11) is 0. The first-order valence-corrected chi connectivity index (χ1v) is 6.43. The van der Waals surface area contributed by atoms with Gasteiger partial charge in [-0.05, 0) is 36.2 Å². The molecule has 0 bridgehead atoms. The zero-order chi connectivity index (χ0) is 12.1. The molecule has 0 radical (unpaired) electrons. The maximum absolute atomic E-state index is 6.12.